The minimum atomic E-state index is -1.55. The molecule has 27 heavy (non-hydrogen) atoms. The Kier molecular flexibility index (Phi) is 6.67. The van der Waals surface area contributed by atoms with E-state index in [4.69, 9.17) is 9.16 Å². The first kappa shape index (κ1) is 20.0. The van der Waals surface area contributed by atoms with E-state index in [9.17, 15) is 0 Å². The van der Waals surface area contributed by atoms with Crippen LogP contribution in [0.3, 0.4) is 0 Å². The van der Waals surface area contributed by atoms with Gasteiger partial charge in [-0.25, -0.2) is 0 Å². The first-order chi connectivity index (χ1) is 12.9. The number of allylic oxidation sites excluding steroid dienone is 3. The van der Waals surface area contributed by atoms with Crippen LogP contribution < -0.4 is 4.74 Å². The Morgan fingerprint density at radius 2 is 1.67 bits per heavy atom. The highest BCUT2D eigenvalue weighted by atomic mass is 28.4. The molecule has 1 saturated carbocycles. The molecule has 2 aliphatic carbocycles. The van der Waals surface area contributed by atoms with Gasteiger partial charge in [0.05, 0.1) is 12.9 Å². The van der Waals surface area contributed by atoms with Gasteiger partial charge < -0.3 is 9.16 Å². The molecule has 0 unspecified atom stereocenters. The molecule has 0 saturated heterocycles. The summed E-state index contributed by atoms with van der Waals surface area (Å²) in [6, 6.07) is 8.53. The van der Waals surface area contributed by atoms with Crippen molar-refractivity contribution in [2.75, 3.05) is 7.11 Å². The highest BCUT2D eigenvalue weighted by Gasteiger charge is 2.21. The summed E-state index contributed by atoms with van der Waals surface area (Å²) in [6.45, 7) is 6.77. The molecule has 146 valence electrons. The van der Waals surface area contributed by atoms with E-state index in [1.165, 1.54) is 61.0 Å². The van der Waals surface area contributed by atoms with Gasteiger partial charge in [-0.2, -0.15) is 0 Å². The first-order valence-electron chi connectivity index (χ1n) is 10.5. The lowest BCUT2D eigenvalue weighted by atomic mass is 9.81. The molecule has 0 amide bonds. The van der Waals surface area contributed by atoms with Gasteiger partial charge in [0, 0.05) is 12.0 Å². The minimum Gasteiger partial charge on any atom is -0.547 e. The lowest BCUT2D eigenvalue weighted by molar-refractivity contribution is 0.388. The van der Waals surface area contributed by atoms with Gasteiger partial charge in [0.25, 0.3) is 0 Å². The molecule has 2 nitrogen and oxygen atoms in total. The van der Waals surface area contributed by atoms with Crippen LogP contribution >= 0.6 is 0 Å². The molecule has 0 spiro atoms. The zero-order valence-electron chi connectivity index (χ0n) is 17.4. The molecular weight excluding hydrogens is 348 g/mol. The van der Waals surface area contributed by atoms with E-state index in [1.54, 1.807) is 7.11 Å². The summed E-state index contributed by atoms with van der Waals surface area (Å²) < 4.78 is 11.6. The fourth-order valence-corrected chi connectivity index (χ4v) is 5.06. The van der Waals surface area contributed by atoms with Crippen LogP contribution in [0.15, 0.2) is 47.4 Å². The molecule has 1 aromatic carbocycles. The molecule has 0 N–H and O–H groups in total. The molecule has 0 bridgehead atoms. The number of ether oxygens (including phenoxy) is 1. The Labute approximate surface area is 166 Å². The van der Waals surface area contributed by atoms with Gasteiger partial charge in [-0.05, 0) is 80.6 Å². The fraction of sp³-hybridized carbons (Fsp3) is 0.542. The zero-order chi connectivity index (χ0) is 19.3. The van der Waals surface area contributed by atoms with Gasteiger partial charge in [0.1, 0.15) is 5.75 Å². The van der Waals surface area contributed by atoms with Crippen molar-refractivity contribution in [3.05, 3.63) is 53.0 Å². The Balaban J connectivity index is 1.99. The number of hydrogen-bond acceptors (Lipinski definition) is 2. The summed E-state index contributed by atoms with van der Waals surface area (Å²) in [5, 5.41) is 0. The quantitative estimate of drug-likeness (QED) is 0.399. The number of methoxy groups -OCH3 is 1. The van der Waals surface area contributed by atoms with E-state index >= 15 is 0 Å². The highest BCUT2D eigenvalue weighted by Crippen LogP contribution is 2.36. The third-order valence-corrected chi connectivity index (χ3v) is 6.23. The summed E-state index contributed by atoms with van der Waals surface area (Å²) in [6.07, 6.45) is 12.2. The van der Waals surface area contributed by atoms with Gasteiger partial charge in [-0.15, -0.1) is 5.73 Å². The maximum atomic E-state index is 6.29. The van der Waals surface area contributed by atoms with Gasteiger partial charge in [0.15, 0.2) is 0 Å². The van der Waals surface area contributed by atoms with Gasteiger partial charge >= 0.3 is 0 Å². The van der Waals surface area contributed by atoms with E-state index in [-0.39, 0.29) is 0 Å². The minimum absolute atomic E-state index is 0.622. The van der Waals surface area contributed by atoms with Crippen molar-refractivity contribution in [1.82, 2.24) is 0 Å². The van der Waals surface area contributed by atoms with E-state index in [0.29, 0.717) is 5.92 Å². The van der Waals surface area contributed by atoms with Crippen LogP contribution in [0.4, 0.5) is 0 Å². The Morgan fingerprint density at radius 1 is 0.963 bits per heavy atom. The van der Waals surface area contributed by atoms with Crippen molar-refractivity contribution in [3.8, 4) is 5.75 Å². The molecule has 0 aliphatic heterocycles. The Morgan fingerprint density at radius 3 is 2.30 bits per heavy atom. The van der Waals surface area contributed by atoms with Crippen LogP contribution in [-0.2, 0) is 4.43 Å². The van der Waals surface area contributed by atoms with E-state index < -0.39 is 8.32 Å². The average Bonchev–Trinajstić information content (AvgIpc) is 2.66. The summed E-state index contributed by atoms with van der Waals surface area (Å²) in [4.78, 5) is 0. The van der Waals surface area contributed by atoms with Crippen LogP contribution in [0, 0.1) is 5.92 Å². The van der Waals surface area contributed by atoms with Gasteiger partial charge in [-0.3, -0.25) is 0 Å². The van der Waals surface area contributed by atoms with Crippen molar-refractivity contribution < 1.29 is 9.16 Å². The molecule has 1 fully saturated rings. The van der Waals surface area contributed by atoms with Crippen molar-refractivity contribution in [2.45, 2.75) is 71.0 Å². The van der Waals surface area contributed by atoms with Crippen LogP contribution in [-0.4, -0.2) is 15.4 Å². The lowest BCUT2D eigenvalue weighted by Gasteiger charge is -2.25. The standard InChI is InChI=1S/C24H34O2Si/c1-25-22-15-13-21(14-16-22)24(20-10-6-5-7-11-20)18-19-9-8-12-23(17-19)26-27(2,3)4/h13-17,20H,5-12H2,1-4H3. The fourth-order valence-electron chi connectivity index (χ4n) is 4.11. The summed E-state index contributed by atoms with van der Waals surface area (Å²) in [7, 11) is 0.173. The second-order valence-corrected chi connectivity index (χ2v) is 13.2. The summed E-state index contributed by atoms with van der Waals surface area (Å²) >= 11 is 0. The molecule has 0 radical (unpaired) electrons. The number of hydrogen-bond donors (Lipinski definition) is 0. The topological polar surface area (TPSA) is 18.5 Å². The van der Waals surface area contributed by atoms with Crippen molar-refractivity contribution in [3.63, 3.8) is 0 Å². The van der Waals surface area contributed by atoms with Crippen molar-refractivity contribution in [1.29, 1.82) is 0 Å². The van der Waals surface area contributed by atoms with Crippen molar-refractivity contribution in [2.24, 2.45) is 5.92 Å². The number of rotatable bonds is 5. The molecule has 2 aliphatic rings. The van der Waals surface area contributed by atoms with Crippen LogP contribution in [0.2, 0.25) is 19.6 Å². The van der Waals surface area contributed by atoms with Crippen LogP contribution in [0.1, 0.15) is 56.9 Å². The smallest absolute Gasteiger partial charge is 0.241 e. The number of benzene rings is 1. The van der Waals surface area contributed by atoms with Crippen LogP contribution in [0.25, 0.3) is 5.57 Å². The molecule has 0 heterocycles. The predicted octanol–water partition coefficient (Wildman–Crippen LogP) is 7.10. The Hall–Kier alpha value is -1.70. The zero-order valence-corrected chi connectivity index (χ0v) is 18.4. The highest BCUT2D eigenvalue weighted by molar-refractivity contribution is 6.70. The third kappa shape index (κ3) is 5.89. The summed E-state index contributed by atoms with van der Waals surface area (Å²) in [5.41, 5.74) is 7.84. The lowest BCUT2D eigenvalue weighted by Crippen LogP contribution is -2.25. The normalized spacial score (nSPS) is 18.5. The average molecular weight is 383 g/mol. The second-order valence-electron chi connectivity index (χ2n) is 8.81. The van der Waals surface area contributed by atoms with E-state index in [0.717, 1.165) is 18.6 Å². The monoisotopic (exact) mass is 382 g/mol. The van der Waals surface area contributed by atoms with Crippen LogP contribution in [0.5, 0.6) is 5.75 Å². The molecule has 1 aromatic rings. The maximum absolute atomic E-state index is 6.29. The van der Waals surface area contributed by atoms with Gasteiger partial charge in [0.2, 0.25) is 8.32 Å². The largest absolute Gasteiger partial charge is 0.547 e. The molecule has 0 aromatic heterocycles. The summed E-state index contributed by atoms with van der Waals surface area (Å²) in [5.74, 6) is 2.70. The molecule has 3 rings (SSSR count). The molecule has 0 atom stereocenters. The van der Waals surface area contributed by atoms with E-state index in [2.05, 4.69) is 55.7 Å². The second kappa shape index (κ2) is 8.99. The first-order valence-corrected chi connectivity index (χ1v) is 13.9. The molecule has 3 heteroatoms. The molecular formula is C24H34O2Si. The van der Waals surface area contributed by atoms with E-state index in [1.807, 2.05) is 0 Å². The predicted molar refractivity (Wildman–Crippen MR) is 116 cm³/mol. The SMILES string of the molecule is COc1ccc(C(=C=C2C=C(O[Si](C)(C)C)CCC2)C2CCCCC2)cc1. The Bertz CT molecular complexity index is 725. The third-order valence-electron chi connectivity index (χ3n) is 5.35. The maximum Gasteiger partial charge on any atom is 0.241 e. The van der Waals surface area contributed by atoms with Gasteiger partial charge in [-0.1, -0.05) is 31.4 Å². The van der Waals surface area contributed by atoms with Crippen molar-refractivity contribution >= 4 is 13.9 Å².